The van der Waals surface area contributed by atoms with Crippen LogP contribution in [0.5, 0.6) is 5.75 Å². The molecule has 0 fully saturated rings. The van der Waals surface area contributed by atoms with Crippen LogP contribution in [0.4, 0.5) is 4.39 Å². The van der Waals surface area contributed by atoms with Gasteiger partial charge in [0, 0.05) is 31.5 Å². The predicted molar refractivity (Wildman–Crippen MR) is 138 cm³/mol. The van der Waals surface area contributed by atoms with E-state index in [2.05, 4.69) is 27.9 Å². The van der Waals surface area contributed by atoms with Crippen LogP contribution in [-0.4, -0.2) is 64.9 Å². The third kappa shape index (κ3) is 7.25. The highest BCUT2D eigenvalue weighted by Gasteiger charge is 2.40. The molecule has 188 valence electrons. The molecule has 9 heteroatoms. The van der Waals surface area contributed by atoms with Crippen molar-refractivity contribution in [1.29, 1.82) is 0 Å². The lowest BCUT2D eigenvalue weighted by Gasteiger charge is -2.40. The number of amides is 2. The van der Waals surface area contributed by atoms with E-state index in [0.717, 1.165) is 9.13 Å². The van der Waals surface area contributed by atoms with Gasteiger partial charge in [-0.1, -0.05) is 31.2 Å². The molecule has 0 saturated heterocycles. The number of nitrogens with one attached hydrogen (secondary N) is 1. The Morgan fingerprint density at radius 3 is 2.69 bits per heavy atom. The number of rotatable bonds is 10. The molecule has 0 aromatic heterocycles. The molecular weight excluding hydrogens is 566 g/mol. The van der Waals surface area contributed by atoms with Crippen LogP contribution < -0.4 is 10.1 Å². The van der Waals surface area contributed by atoms with Gasteiger partial charge in [-0.3, -0.25) is 9.59 Å². The van der Waals surface area contributed by atoms with E-state index in [0.29, 0.717) is 17.7 Å². The Labute approximate surface area is 218 Å². The number of hydrogen-bond donors (Lipinski definition) is 3. The lowest BCUT2D eigenvalue weighted by molar-refractivity contribution is -0.138. The van der Waals surface area contributed by atoms with Crippen LogP contribution in [0.3, 0.4) is 0 Å². The molecule has 35 heavy (non-hydrogen) atoms. The van der Waals surface area contributed by atoms with Crippen LogP contribution in [0.2, 0.25) is 0 Å². The molecule has 0 heterocycles. The van der Waals surface area contributed by atoms with Crippen molar-refractivity contribution in [2.45, 2.75) is 44.4 Å². The quantitative estimate of drug-likeness (QED) is 0.367. The van der Waals surface area contributed by atoms with Crippen molar-refractivity contribution in [2.75, 3.05) is 19.7 Å². The highest BCUT2D eigenvalue weighted by atomic mass is 127. The Kier molecular flexibility index (Phi) is 10.1. The first-order valence-corrected chi connectivity index (χ1v) is 12.6. The van der Waals surface area contributed by atoms with E-state index in [4.69, 9.17) is 9.84 Å². The number of para-hydroxylation sites is 1. The Bertz CT molecular complexity index is 1060. The molecule has 3 rings (SSSR count). The molecule has 0 aliphatic heterocycles. The summed E-state index contributed by atoms with van der Waals surface area (Å²) in [5.41, 5.74) is 1.09. The maximum absolute atomic E-state index is 13.7. The lowest BCUT2D eigenvalue weighted by Crippen LogP contribution is -2.55. The number of hydrogen-bond acceptors (Lipinski definition) is 5. The van der Waals surface area contributed by atoms with Gasteiger partial charge in [0.1, 0.15) is 23.8 Å². The third-order valence-electron chi connectivity index (χ3n) is 5.87. The van der Waals surface area contributed by atoms with E-state index in [1.54, 1.807) is 36.1 Å². The summed E-state index contributed by atoms with van der Waals surface area (Å²) in [6, 6.07) is 12.8. The fourth-order valence-electron chi connectivity index (χ4n) is 4.09. The summed E-state index contributed by atoms with van der Waals surface area (Å²) in [5.74, 6) is -0.376. The van der Waals surface area contributed by atoms with Gasteiger partial charge in [-0.05, 0) is 64.9 Å². The number of benzene rings is 2. The average Bonchev–Trinajstić information content (AvgIpc) is 2.85. The van der Waals surface area contributed by atoms with E-state index >= 15 is 0 Å². The Balaban J connectivity index is 1.90. The number of aliphatic hydroxyl groups excluding tert-OH is 2. The molecule has 2 aromatic rings. The topological polar surface area (TPSA) is 99.1 Å². The van der Waals surface area contributed by atoms with Gasteiger partial charge in [-0.2, -0.15) is 0 Å². The average molecular weight is 596 g/mol. The summed E-state index contributed by atoms with van der Waals surface area (Å²) in [6.45, 7) is 1.86. The Hall–Kier alpha value is -2.50. The molecule has 0 saturated carbocycles. The minimum Gasteiger partial charge on any atom is -0.482 e. The van der Waals surface area contributed by atoms with Gasteiger partial charge in [0.05, 0.1) is 16.2 Å². The summed E-state index contributed by atoms with van der Waals surface area (Å²) in [5, 5.41) is 23.0. The first kappa shape index (κ1) is 27.1. The first-order valence-electron chi connectivity index (χ1n) is 11.6. The highest BCUT2D eigenvalue weighted by molar-refractivity contribution is 14.1. The van der Waals surface area contributed by atoms with Gasteiger partial charge in [-0.15, -0.1) is 0 Å². The van der Waals surface area contributed by atoms with Gasteiger partial charge < -0.3 is 25.2 Å². The van der Waals surface area contributed by atoms with Gasteiger partial charge in [0.2, 0.25) is 11.8 Å². The van der Waals surface area contributed by atoms with E-state index in [1.165, 1.54) is 12.1 Å². The number of ether oxygens (including phenoxy) is 1. The van der Waals surface area contributed by atoms with Crippen LogP contribution in [0.1, 0.15) is 25.3 Å². The van der Waals surface area contributed by atoms with Crippen LogP contribution in [0, 0.1) is 9.39 Å². The molecule has 3 N–H and O–H groups in total. The second-order valence-corrected chi connectivity index (χ2v) is 9.43. The maximum Gasteiger partial charge on any atom is 0.247 e. The van der Waals surface area contributed by atoms with Crippen LogP contribution >= 0.6 is 22.6 Å². The molecule has 0 radical (unpaired) electrons. The minimum atomic E-state index is -1.09. The normalized spacial score (nSPS) is 19.6. The standard InChI is InChI=1S/C26H30FIN2O5/c1-2-24(32)30(12-10-17-6-5-7-19(27)14-17)21-15-18(26(34)29-11-13-31)16-23(25(21)33)35-22-9-4-3-8-20(22)28/h3-9,14,16,21,23,25,31,33H,2,10-13,15H2,1H3,(H,29,34). The molecular formula is C26H30FIN2O5. The van der Waals surface area contributed by atoms with Gasteiger partial charge in [0.15, 0.2) is 0 Å². The molecule has 3 atom stereocenters. The summed E-state index contributed by atoms with van der Waals surface area (Å²) in [7, 11) is 0. The zero-order valence-corrected chi connectivity index (χ0v) is 21.7. The van der Waals surface area contributed by atoms with Gasteiger partial charge in [0.25, 0.3) is 0 Å². The molecule has 2 amide bonds. The van der Waals surface area contributed by atoms with Crippen molar-refractivity contribution in [3.05, 3.63) is 75.1 Å². The Morgan fingerprint density at radius 1 is 1.23 bits per heavy atom. The largest absolute Gasteiger partial charge is 0.482 e. The number of carbonyl (C=O) groups is 2. The van der Waals surface area contributed by atoms with Crippen molar-refractivity contribution in [3.63, 3.8) is 0 Å². The summed E-state index contributed by atoms with van der Waals surface area (Å²) in [4.78, 5) is 27.3. The summed E-state index contributed by atoms with van der Waals surface area (Å²) < 4.78 is 20.6. The lowest BCUT2D eigenvalue weighted by atomic mass is 9.87. The molecule has 0 spiro atoms. The molecule has 1 aliphatic carbocycles. The molecule has 1 aliphatic rings. The van der Waals surface area contributed by atoms with Crippen molar-refractivity contribution < 1.29 is 28.9 Å². The Morgan fingerprint density at radius 2 is 2.00 bits per heavy atom. The van der Waals surface area contributed by atoms with Crippen molar-refractivity contribution >= 4 is 34.4 Å². The first-order chi connectivity index (χ1) is 16.8. The van der Waals surface area contributed by atoms with Crippen LogP contribution in [0.25, 0.3) is 0 Å². The number of halogens is 2. The van der Waals surface area contributed by atoms with Crippen molar-refractivity contribution in [3.8, 4) is 5.75 Å². The SMILES string of the molecule is CCC(=O)N(CCc1cccc(F)c1)C1CC(C(=O)NCCO)=CC(Oc2ccccc2I)C1O. The third-order valence-corrected chi connectivity index (χ3v) is 6.76. The van der Waals surface area contributed by atoms with Crippen LogP contribution in [0.15, 0.2) is 60.2 Å². The monoisotopic (exact) mass is 596 g/mol. The minimum absolute atomic E-state index is 0.0860. The zero-order valence-electron chi connectivity index (χ0n) is 19.5. The van der Waals surface area contributed by atoms with E-state index in [-0.39, 0.29) is 50.2 Å². The predicted octanol–water partition coefficient (Wildman–Crippen LogP) is 2.83. The molecule has 2 aromatic carbocycles. The number of aliphatic hydroxyl groups is 2. The number of carbonyl (C=O) groups excluding carboxylic acids is 2. The number of nitrogens with zero attached hydrogens (tertiary/aromatic N) is 1. The molecule has 3 unspecified atom stereocenters. The second-order valence-electron chi connectivity index (χ2n) is 8.27. The van der Waals surface area contributed by atoms with Crippen molar-refractivity contribution in [1.82, 2.24) is 10.2 Å². The van der Waals surface area contributed by atoms with E-state index in [9.17, 15) is 19.1 Å². The smallest absolute Gasteiger partial charge is 0.247 e. The van der Waals surface area contributed by atoms with Crippen molar-refractivity contribution in [2.24, 2.45) is 0 Å². The van der Waals surface area contributed by atoms with E-state index < -0.39 is 18.2 Å². The van der Waals surface area contributed by atoms with Gasteiger partial charge >= 0.3 is 0 Å². The summed E-state index contributed by atoms with van der Waals surface area (Å²) in [6.07, 6.45) is 0.343. The summed E-state index contributed by atoms with van der Waals surface area (Å²) >= 11 is 2.13. The second kappa shape index (κ2) is 13.0. The molecule has 7 nitrogen and oxygen atoms in total. The van der Waals surface area contributed by atoms with Gasteiger partial charge in [-0.25, -0.2) is 4.39 Å². The highest BCUT2D eigenvalue weighted by Crippen LogP contribution is 2.30. The zero-order chi connectivity index (χ0) is 25.4. The fraction of sp³-hybridized carbons (Fsp3) is 0.385. The fourth-order valence-corrected chi connectivity index (χ4v) is 4.60. The van der Waals surface area contributed by atoms with E-state index in [1.807, 2.05) is 18.2 Å². The van der Waals surface area contributed by atoms with Crippen LogP contribution in [-0.2, 0) is 16.0 Å². The maximum atomic E-state index is 13.7. The molecule has 0 bridgehead atoms.